The van der Waals surface area contributed by atoms with Crippen LogP contribution < -0.4 is 0 Å². The normalized spacial score (nSPS) is 10.1. The van der Waals surface area contributed by atoms with E-state index < -0.39 is 0 Å². The molecule has 0 fully saturated rings. The number of carbonyl (C=O) groups is 1. The molecule has 0 bridgehead atoms. The fraction of sp³-hybridized carbons (Fsp3) is 0.500. The summed E-state index contributed by atoms with van der Waals surface area (Å²) in [5, 5.41) is 3.33. The smallest absolute Gasteiger partial charge is 0.245 e. The van der Waals surface area contributed by atoms with Crippen LogP contribution in [0.2, 0.25) is 0 Å². The molecule has 0 aliphatic carbocycles. The first-order chi connectivity index (χ1) is 6.74. The third-order valence-electron chi connectivity index (χ3n) is 2.02. The molecule has 1 amide bonds. The van der Waals surface area contributed by atoms with Gasteiger partial charge in [-0.05, 0) is 24.3 Å². The summed E-state index contributed by atoms with van der Waals surface area (Å²) in [6.45, 7) is 0. The Morgan fingerprint density at radius 2 is 2.43 bits per heavy atom. The van der Waals surface area contributed by atoms with Crippen LogP contribution in [-0.4, -0.2) is 25.1 Å². The summed E-state index contributed by atoms with van der Waals surface area (Å²) in [7, 11) is 3.13. The zero-order chi connectivity index (χ0) is 10.4. The summed E-state index contributed by atoms with van der Waals surface area (Å²) in [6, 6.07) is 4.12. The highest BCUT2D eigenvalue weighted by Gasteiger charge is 2.06. The molecule has 0 atom stereocenters. The molecule has 4 heteroatoms. The monoisotopic (exact) mass is 213 g/mol. The lowest BCUT2D eigenvalue weighted by molar-refractivity contribution is -0.168. The highest BCUT2D eigenvalue weighted by molar-refractivity contribution is 7.09. The Morgan fingerprint density at radius 3 is 3.00 bits per heavy atom. The number of hydrogen-bond donors (Lipinski definition) is 0. The van der Waals surface area contributed by atoms with E-state index in [0.29, 0.717) is 6.42 Å². The average molecular weight is 213 g/mol. The maximum Gasteiger partial charge on any atom is 0.245 e. The molecule has 1 aromatic heterocycles. The van der Waals surface area contributed by atoms with Gasteiger partial charge in [-0.1, -0.05) is 6.07 Å². The van der Waals surface area contributed by atoms with Gasteiger partial charge in [-0.15, -0.1) is 11.3 Å². The highest BCUT2D eigenvalue weighted by atomic mass is 32.1. The van der Waals surface area contributed by atoms with Crippen LogP contribution in [0.15, 0.2) is 17.5 Å². The Hall–Kier alpha value is -0.870. The number of aryl methyl sites for hydroxylation is 1. The SMILES string of the molecule is CON(C)C(=O)CCCc1cccs1. The molecule has 0 spiro atoms. The predicted octanol–water partition coefficient (Wildman–Crippen LogP) is 2.09. The van der Waals surface area contributed by atoms with Crippen LogP contribution in [0.25, 0.3) is 0 Å². The molecular formula is C10H15NO2S. The van der Waals surface area contributed by atoms with E-state index in [1.165, 1.54) is 17.1 Å². The summed E-state index contributed by atoms with van der Waals surface area (Å²) in [6.07, 6.45) is 2.40. The van der Waals surface area contributed by atoms with E-state index in [4.69, 9.17) is 4.84 Å². The summed E-state index contributed by atoms with van der Waals surface area (Å²) >= 11 is 1.73. The van der Waals surface area contributed by atoms with Gasteiger partial charge >= 0.3 is 0 Å². The van der Waals surface area contributed by atoms with Crippen molar-refractivity contribution in [2.45, 2.75) is 19.3 Å². The number of rotatable bonds is 5. The van der Waals surface area contributed by atoms with E-state index in [1.807, 2.05) is 6.07 Å². The molecule has 0 saturated heterocycles. The van der Waals surface area contributed by atoms with Crippen molar-refractivity contribution >= 4 is 17.2 Å². The third kappa shape index (κ3) is 3.47. The first-order valence-electron chi connectivity index (χ1n) is 4.57. The van der Waals surface area contributed by atoms with Crippen LogP contribution in [0.1, 0.15) is 17.7 Å². The molecule has 0 aromatic carbocycles. The largest absolute Gasteiger partial charge is 0.275 e. The van der Waals surface area contributed by atoms with Crippen molar-refractivity contribution in [3.63, 3.8) is 0 Å². The Bertz CT molecular complexity index is 272. The Balaban J connectivity index is 2.18. The number of carbonyl (C=O) groups excluding carboxylic acids is 1. The second kappa shape index (κ2) is 5.78. The molecular weight excluding hydrogens is 198 g/mol. The lowest BCUT2D eigenvalue weighted by Crippen LogP contribution is -2.25. The zero-order valence-corrected chi connectivity index (χ0v) is 9.34. The molecule has 78 valence electrons. The minimum Gasteiger partial charge on any atom is -0.275 e. The molecule has 1 rings (SSSR count). The van der Waals surface area contributed by atoms with Gasteiger partial charge in [0.2, 0.25) is 5.91 Å². The van der Waals surface area contributed by atoms with Crippen molar-refractivity contribution in [2.24, 2.45) is 0 Å². The van der Waals surface area contributed by atoms with Gasteiger partial charge in [0.05, 0.1) is 7.11 Å². The summed E-state index contributed by atoms with van der Waals surface area (Å²) in [5.74, 6) is 0.0315. The Kier molecular flexibility index (Phi) is 4.62. The van der Waals surface area contributed by atoms with E-state index in [1.54, 1.807) is 18.4 Å². The van der Waals surface area contributed by atoms with Crippen LogP contribution in [0.3, 0.4) is 0 Å². The molecule has 1 heterocycles. The lowest BCUT2D eigenvalue weighted by Gasteiger charge is -2.12. The number of nitrogens with zero attached hydrogens (tertiary/aromatic N) is 1. The number of amides is 1. The van der Waals surface area contributed by atoms with Gasteiger partial charge in [0.25, 0.3) is 0 Å². The summed E-state index contributed by atoms with van der Waals surface area (Å²) < 4.78 is 0. The molecule has 0 N–H and O–H groups in total. The molecule has 0 aliphatic heterocycles. The fourth-order valence-electron chi connectivity index (χ4n) is 1.13. The second-order valence-electron chi connectivity index (χ2n) is 3.01. The number of hydrogen-bond acceptors (Lipinski definition) is 3. The Morgan fingerprint density at radius 1 is 1.64 bits per heavy atom. The minimum atomic E-state index is 0.0315. The van der Waals surface area contributed by atoms with E-state index in [-0.39, 0.29) is 5.91 Å². The standard InChI is InChI=1S/C10H15NO2S/c1-11(13-2)10(12)7-3-5-9-6-4-8-14-9/h4,6,8H,3,5,7H2,1-2H3. The minimum absolute atomic E-state index is 0.0315. The molecule has 0 unspecified atom stereocenters. The Labute approximate surface area is 88.3 Å². The van der Waals surface area contributed by atoms with Crippen molar-refractivity contribution < 1.29 is 9.63 Å². The first-order valence-corrected chi connectivity index (χ1v) is 5.45. The highest BCUT2D eigenvalue weighted by Crippen LogP contribution is 2.12. The predicted molar refractivity (Wildman–Crippen MR) is 57.0 cm³/mol. The van der Waals surface area contributed by atoms with Crippen LogP contribution in [0.4, 0.5) is 0 Å². The molecule has 0 radical (unpaired) electrons. The van der Waals surface area contributed by atoms with Crippen LogP contribution >= 0.6 is 11.3 Å². The van der Waals surface area contributed by atoms with Crippen LogP contribution in [0, 0.1) is 0 Å². The van der Waals surface area contributed by atoms with Gasteiger partial charge < -0.3 is 0 Å². The van der Waals surface area contributed by atoms with E-state index in [2.05, 4.69) is 11.4 Å². The van der Waals surface area contributed by atoms with Gasteiger partial charge in [-0.3, -0.25) is 9.63 Å². The quantitative estimate of drug-likeness (QED) is 0.701. The first kappa shape index (κ1) is 11.2. The molecule has 1 aromatic rings. The zero-order valence-electron chi connectivity index (χ0n) is 8.53. The molecule has 0 saturated carbocycles. The van der Waals surface area contributed by atoms with E-state index in [9.17, 15) is 4.79 Å². The van der Waals surface area contributed by atoms with Gasteiger partial charge in [0, 0.05) is 18.3 Å². The van der Waals surface area contributed by atoms with Gasteiger partial charge in [0.1, 0.15) is 0 Å². The van der Waals surface area contributed by atoms with Gasteiger partial charge in [-0.2, -0.15) is 0 Å². The van der Waals surface area contributed by atoms with E-state index in [0.717, 1.165) is 12.8 Å². The van der Waals surface area contributed by atoms with Crippen molar-refractivity contribution in [3.8, 4) is 0 Å². The van der Waals surface area contributed by atoms with E-state index >= 15 is 0 Å². The average Bonchev–Trinajstić information content (AvgIpc) is 2.69. The van der Waals surface area contributed by atoms with Gasteiger partial charge in [0.15, 0.2) is 0 Å². The summed E-state index contributed by atoms with van der Waals surface area (Å²) in [5.41, 5.74) is 0. The van der Waals surface area contributed by atoms with Crippen molar-refractivity contribution in [3.05, 3.63) is 22.4 Å². The van der Waals surface area contributed by atoms with Crippen LogP contribution in [-0.2, 0) is 16.1 Å². The second-order valence-corrected chi connectivity index (χ2v) is 4.04. The molecule has 3 nitrogen and oxygen atoms in total. The maximum atomic E-state index is 11.3. The van der Waals surface area contributed by atoms with Gasteiger partial charge in [-0.25, -0.2) is 5.06 Å². The number of hydroxylamine groups is 2. The molecule has 0 aliphatic rings. The fourth-order valence-corrected chi connectivity index (χ4v) is 1.88. The lowest BCUT2D eigenvalue weighted by atomic mass is 10.2. The van der Waals surface area contributed by atoms with Crippen molar-refractivity contribution in [2.75, 3.05) is 14.2 Å². The number of thiophene rings is 1. The van der Waals surface area contributed by atoms with Crippen molar-refractivity contribution in [1.29, 1.82) is 0 Å². The summed E-state index contributed by atoms with van der Waals surface area (Å²) in [4.78, 5) is 17.4. The van der Waals surface area contributed by atoms with Crippen LogP contribution in [0.5, 0.6) is 0 Å². The maximum absolute atomic E-state index is 11.3. The topological polar surface area (TPSA) is 29.5 Å². The molecule has 14 heavy (non-hydrogen) atoms. The van der Waals surface area contributed by atoms with Crippen molar-refractivity contribution in [1.82, 2.24) is 5.06 Å². The third-order valence-corrected chi connectivity index (χ3v) is 2.96.